The van der Waals surface area contributed by atoms with Crippen LogP contribution in [0.2, 0.25) is 0 Å². The van der Waals surface area contributed by atoms with Gasteiger partial charge in [0.2, 0.25) is 0 Å². The summed E-state index contributed by atoms with van der Waals surface area (Å²) in [5.41, 5.74) is 11.8. The fraction of sp³-hybridized carbons (Fsp3) is 0. The maximum absolute atomic E-state index is 6.41. The van der Waals surface area contributed by atoms with Gasteiger partial charge in [-0.25, -0.2) is 19.9 Å². The number of fused-ring (bicyclic) bond motifs is 3. The SMILES string of the molecule is c1ccc(-c2cc(-c3cccc(-c4cccc(-c5nc(-c6ccccc6)nc6c5oc5ccccc56)c4)c3)nc(-c3ccccc3)n2)cc1. The first-order chi connectivity index (χ1) is 24.3. The third-order valence-corrected chi connectivity index (χ3v) is 8.71. The van der Waals surface area contributed by atoms with Crippen LogP contribution in [0.25, 0.3) is 89.7 Å². The molecule has 9 aromatic rings. The summed E-state index contributed by atoms with van der Waals surface area (Å²) in [6.07, 6.45) is 0. The predicted molar refractivity (Wildman–Crippen MR) is 198 cm³/mol. The molecular formula is C44H28N4O. The van der Waals surface area contributed by atoms with Crippen molar-refractivity contribution in [2.24, 2.45) is 0 Å². The van der Waals surface area contributed by atoms with Gasteiger partial charge in [0.1, 0.15) is 16.8 Å². The molecular weight excluding hydrogens is 601 g/mol. The summed E-state index contributed by atoms with van der Waals surface area (Å²) in [7, 11) is 0. The lowest BCUT2D eigenvalue weighted by Crippen LogP contribution is -1.96. The molecule has 5 nitrogen and oxygen atoms in total. The van der Waals surface area contributed by atoms with E-state index in [2.05, 4.69) is 66.7 Å². The van der Waals surface area contributed by atoms with E-state index in [-0.39, 0.29) is 0 Å². The zero-order chi connectivity index (χ0) is 32.6. The van der Waals surface area contributed by atoms with E-state index < -0.39 is 0 Å². The van der Waals surface area contributed by atoms with Gasteiger partial charge in [0.15, 0.2) is 17.2 Å². The second-order valence-corrected chi connectivity index (χ2v) is 11.9. The highest BCUT2D eigenvalue weighted by molar-refractivity contribution is 6.07. The molecule has 0 radical (unpaired) electrons. The molecule has 0 amide bonds. The van der Waals surface area contributed by atoms with Crippen molar-refractivity contribution in [1.82, 2.24) is 19.9 Å². The van der Waals surface area contributed by atoms with E-state index in [4.69, 9.17) is 24.4 Å². The van der Waals surface area contributed by atoms with Gasteiger partial charge in [-0.1, -0.05) is 140 Å². The Hall–Kier alpha value is -6.72. The average Bonchev–Trinajstić information content (AvgIpc) is 3.57. The van der Waals surface area contributed by atoms with E-state index in [9.17, 15) is 0 Å². The van der Waals surface area contributed by atoms with Crippen LogP contribution in [0.15, 0.2) is 174 Å². The molecule has 49 heavy (non-hydrogen) atoms. The quantitative estimate of drug-likeness (QED) is 0.183. The van der Waals surface area contributed by atoms with Gasteiger partial charge in [-0.3, -0.25) is 0 Å². The molecule has 0 fully saturated rings. The Morgan fingerprint density at radius 3 is 1.51 bits per heavy atom. The lowest BCUT2D eigenvalue weighted by atomic mass is 9.98. The first kappa shape index (κ1) is 28.5. The van der Waals surface area contributed by atoms with Crippen LogP contribution in [0.4, 0.5) is 0 Å². The van der Waals surface area contributed by atoms with Gasteiger partial charge in [0.25, 0.3) is 0 Å². The molecule has 9 rings (SSSR count). The molecule has 3 heterocycles. The van der Waals surface area contributed by atoms with Crippen LogP contribution in [0.1, 0.15) is 0 Å². The molecule has 0 aliphatic rings. The molecule has 0 aliphatic heterocycles. The number of furan rings is 1. The van der Waals surface area contributed by atoms with Crippen LogP contribution in [-0.2, 0) is 0 Å². The Balaban J connectivity index is 1.17. The zero-order valence-electron chi connectivity index (χ0n) is 26.4. The summed E-state index contributed by atoms with van der Waals surface area (Å²) in [5.74, 6) is 1.35. The van der Waals surface area contributed by atoms with Gasteiger partial charge < -0.3 is 4.42 Å². The van der Waals surface area contributed by atoms with Gasteiger partial charge in [-0.15, -0.1) is 0 Å². The summed E-state index contributed by atoms with van der Waals surface area (Å²) in [5, 5.41) is 0.969. The maximum atomic E-state index is 6.41. The van der Waals surface area contributed by atoms with Crippen molar-refractivity contribution in [3.05, 3.63) is 170 Å². The van der Waals surface area contributed by atoms with Gasteiger partial charge in [-0.2, -0.15) is 0 Å². The number of hydrogen-bond donors (Lipinski definition) is 0. The van der Waals surface area contributed by atoms with Crippen molar-refractivity contribution in [3.8, 4) is 67.7 Å². The third kappa shape index (κ3) is 5.43. The number of para-hydroxylation sites is 1. The molecule has 6 aromatic carbocycles. The Bertz CT molecular complexity index is 2540. The Labute approximate surface area is 283 Å². The molecule has 5 heteroatoms. The van der Waals surface area contributed by atoms with Gasteiger partial charge in [0, 0.05) is 33.2 Å². The Kier molecular flexibility index (Phi) is 7.06. The highest BCUT2D eigenvalue weighted by atomic mass is 16.3. The van der Waals surface area contributed by atoms with E-state index in [0.717, 1.165) is 72.5 Å². The fourth-order valence-electron chi connectivity index (χ4n) is 6.28. The van der Waals surface area contributed by atoms with E-state index >= 15 is 0 Å². The number of aromatic nitrogens is 4. The largest absolute Gasteiger partial charge is 0.452 e. The first-order valence-corrected chi connectivity index (χ1v) is 16.2. The van der Waals surface area contributed by atoms with Crippen LogP contribution < -0.4 is 0 Å². The highest BCUT2D eigenvalue weighted by Crippen LogP contribution is 2.37. The van der Waals surface area contributed by atoms with Crippen LogP contribution >= 0.6 is 0 Å². The second-order valence-electron chi connectivity index (χ2n) is 11.9. The highest BCUT2D eigenvalue weighted by Gasteiger charge is 2.19. The summed E-state index contributed by atoms with van der Waals surface area (Å²) >= 11 is 0. The lowest BCUT2D eigenvalue weighted by molar-refractivity contribution is 0.667. The maximum Gasteiger partial charge on any atom is 0.180 e. The van der Waals surface area contributed by atoms with Crippen molar-refractivity contribution in [2.75, 3.05) is 0 Å². The number of nitrogens with zero attached hydrogens (tertiary/aromatic N) is 4. The monoisotopic (exact) mass is 628 g/mol. The second kappa shape index (κ2) is 12.1. The van der Waals surface area contributed by atoms with Crippen molar-refractivity contribution in [3.63, 3.8) is 0 Å². The van der Waals surface area contributed by atoms with Crippen LogP contribution in [0.3, 0.4) is 0 Å². The summed E-state index contributed by atoms with van der Waals surface area (Å²) in [4.78, 5) is 20.1. The first-order valence-electron chi connectivity index (χ1n) is 16.2. The molecule has 0 spiro atoms. The molecule has 0 N–H and O–H groups in total. The van der Waals surface area contributed by atoms with E-state index in [1.807, 2.05) is 103 Å². The number of hydrogen-bond acceptors (Lipinski definition) is 5. The summed E-state index contributed by atoms with van der Waals surface area (Å²) < 4.78 is 6.41. The topological polar surface area (TPSA) is 64.7 Å². The van der Waals surface area contributed by atoms with E-state index in [1.54, 1.807) is 0 Å². The Morgan fingerprint density at radius 1 is 0.347 bits per heavy atom. The van der Waals surface area contributed by atoms with Gasteiger partial charge in [0.05, 0.1) is 11.4 Å². The minimum absolute atomic E-state index is 0.661. The molecule has 0 atom stereocenters. The van der Waals surface area contributed by atoms with Gasteiger partial charge in [-0.05, 0) is 41.5 Å². The van der Waals surface area contributed by atoms with Crippen molar-refractivity contribution in [2.45, 2.75) is 0 Å². The van der Waals surface area contributed by atoms with E-state index in [0.29, 0.717) is 17.2 Å². The molecule has 0 saturated carbocycles. The zero-order valence-corrected chi connectivity index (χ0v) is 26.4. The smallest absolute Gasteiger partial charge is 0.180 e. The fourth-order valence-corrected chi connectivity index (χ4v) is 6.28. The predicted octanol–water partition coefficient (Wildman–Crippen LogP) is 11.2. The van der Waals surface area contributed by atoms with Crippen LogP contribution in [-0.4, -0.2) is 19.9 Å². The number of rotatable bonds is 6. The van der Waals surface area contributed by atoms with Crippen LogP contribution in [0.5, 0.6) is 0 Å². The standard InChI is InChI=1S/C44H28N4O/c1-4-14-29(15-5-1)37-28-38(46-43(45-37)30-16-6-2-7-17-30)34-22-12-20-32(26-34)33-21-13-23-35(27-33)40-42-41(36-24-10-11-25-39(36)49-42)48-44(47-40)31-18-8-3-9-19-31/h1-28H. The molecule has 3 aromatic heterocycles. The van der Waals surface area contributed by atoms with Crippen molar-refractivity contribution >= 4 is 22.1 Å². The lowest BCUT2D eigenvalue weighted by Gasteiger charge is -2.11. The average molecular weight is 629 g/mol. The van der Waals surface area contributed by atoms with Crippen LogP contribution in [0, 0.1) is 0 Å². The molecule has 230 valence electrons. The van der Waals surface area contributed by atoms with Gasteiger partial charge >= 0.3 is 0 Å². The third-order valence-electron chi connectivity index (χ3n) is 8.71. The molecule has 0 saturated heterocycles. The van der Waals surface area contributed by atoms with Crippen molar-refractivity contribution in [1.29, 1.82) is 0 Å². The summed E-state index contributed by atoms with van der Waals surface area (Å²) in [6.45, 7) is 0. The van der Waals surface area contributed by atoms with E-state index in [1.165, 1.54) is 0 Å². The molecule has 0 aliphatic carbocycles. The molecule has 0 bridgehead atoms. The minimum atomic E-state index is 0.661. The Morgan fingerprint density at radius 2 is 0.837 bits per heavy atom. The summed E-state index contributed by atoms with van der Waals surface area (Å²) in [6, 6.07) is 57.5. The normalized spacial score (nSPS) is 11.3. The number of benzene rings is 6. The molecule has 0 unspecified atom stereocenters. The van der Waals surface area contributed by atoms with Crippen molar-refractivity contribution < 1.29 is 4.42 Å². The minimum Gasteiger partial charge on any atom is -0.452 e.